The molecule has 2 aromatic rings. The number of imide groups is 1. The molecule has 5 heteroatoms. The van der Waals surface area contributed by atoms with Crippen molar-refractivity contribution < 1.29 is 18.8 Å². The largest absolute Gasteiger partial charge is 0.299 e. The van der Waals surface area contributed by atoms with Gasteiger partial charge in [-0.05, 0) is 23.3 Å². The molecule has 2 aromatic carbocycles. The van der Waals surface area contributed by atoms with Crippen molar-refractivity contribution in [2.24, 2.45) is 11.8 Å². The van der Waals surface area contributed by atoms with Crippen LogP contribution in [0.15, 0.2) is 48.5 Å². The molecule has 0 unspecified atom stereocenters. The van der Waals surface area contributed by atoms with E-state index in [1.165, 1.54) is 18.2 Å². The standard InChI is InChI=1S/C20H14FNO3/c21-13-7-3-4-8-14(13)22-19(24)17-12-9-15(23)16(18(17)20(22)25)11-6-2-1-5-10(11)12/h1-8,12,16-18H,9H2/t12-,16+,17-,18-/m1/s1. The molecule has 2 bridgehead atoms. The van der Waals surface area contributed by atoms with Gasteiger partial charge in [0.25, 0.3) is 0 Å². The number of carbonyl (C=O) groups excluding carboxylic acids is 3. The molecule has 6 rings (SSSR count). The van der Waals surface area contributed by atoms with Gasteiger partial charge < -0.3 is 0 Å². The van der Waals surface area contributed by atoms with Crippen LogP contribution < -0.4 is 4.90 Å². The summed E-state index contributed by atoms with van der Waals surface area (Å²) in [4.78, 5) is 39.6. The molecule has 2 fully saturated rings. The van der Waals surface area contributed by atoms with E-state index in [9.17, 15) is 18.8 Å². The number of halogens is 1. The van der Waals surface area contributed by atoms with Crippen molar-refractivity contribution in [1.82, 2.24) is 0 Å². The average Bonchev–Trinajstić information content (AvgIpc) is 2.88. The number of anilines is 1. The van der Waals surface area contributed by atoms with E-state index in [0.29, 0.717) is 0 Å². The topological polar surface area (TPSA) is 54.5 Å². The molecule has 1 saturated carbocycles. The maximum Gasteiger partial charge on any atom is 0.238 e. The molecule has 124 valence electrons. The summed E-state index contributed by atoms with van der Waals surface area (Å²) in [5.74, 6) is -3.65. The molecular weight excluding hydrogens is 321 g/mol. The van der Waals surface area contributed by atoms with E-state index < -0.39 is 35.4 Å². The maximum absolute atomic E-state index is 14.2. The average molecular weight is 335 g/mol. The minimum atomic E-state index is -0.715. The van der Waals surface area contributed by atoms with E-state index in [2.05, 4.69) is 0 Å². The van der Waals surface area contributed by atoms with Crippen LogP contribution in [0.3, 0.4) is 0 Å². The molecule has 0 spiro atoms. The van der Waals surface area contributed by atoms with Crippen molar-refractivity contribution in [3.63, 3.8) is 0 Å². The number of nitrogens with zero attached hydrogens (tertiary/aromatic N) is 1. The lowest BCUT2D eigenvalue weighted by Gasteiger charge is -2.43. The van der Waals surface area contributed by atoms with Crippen LogP contribution in [0.5, 0.6) is 0 Å². The highest BCUT2D eigenvalue weighted by atomic mass is 19.1. The van der Waals surface area contributed by atoms with Gasteiger partial charge in [-0.3, -0.25) is 14.4 Å². The summed E-state index contributed by atoms with van der Waals surface area (Å²) in [5, 5.41) is 0. The molecule has 4 nitrogen and oxygen atoms in total. The van der Waals surface area contributed by atoms with Gasteiger partial charge in [0.15, 0.2) is 0 Å². The van der Waals surface area contributed by atoms with E-state index >= 15 is 0 Å². The van der Waals surface area contributed by atoms with Crippen LogP contribution in [0.2, 0.25) is 0 Å². The van der Waals surface area contributed by atoms with E-state index in [-0.39, 0.29) is 23.8 Å². The van der Waals surface area contributed by atoms with Crippen molar-refractivity contribution in [3.05, 3.63) is 65.5 Å². The Bertz CT molecular complexity index is 953. The van der Waals surface area contributed by atoms with Gasteiger partial charge >= 0.3 is 0 Å². The highest BCUT2D eigenvalue weighted by molar-refractivity contribution is 6.24. The van der Waals surface area contributed by atoms with Gasteiger partial charge in [-0.15, -0.1) is 0 Å². The van der Waals surface area contributed by atoms with Gasteiger partial charge in [0, 0.05) is 12.3 Å². The van der Waals surface area contributed by atoms with E-state index in [4.69, 9.17) is 0 Å². The van der Waals surface area contributed by atoms with Gasteiger partial charge in [0.2, 0.25) is 11.8 Å². The number of carbonyl (C=O) groups is 3. The minimum absolute atomic E-state index is 0.00137. The minimum Gasteiger partial charge on any atom is -0.299 e. The molecule has 0 N–H and O–H groups in total. The molecule has 25 heavy (non-hydrogen) atoms. The zero-order chi connectivity index (χ0) is 17.3. The number of rotatable bonds is 1. The monoisotopic (exact) mass is 335 g/mol. The molecular formula is C20H14FNO3. The highest BCUT2D eigenvalue weighted by Gasteiger charge is 2.62. The summed E-state index contributed by atoms with van der Waals surface area (Å²) >= 11 is 0. The lowest BCUT2D eigenvalue weighted by atomic mass is 9.56. The number of para-hydroxylation sites is 1. The molecule has 1 aliphatic heterocycles. The summed E-state index contributed by atoms with van der Waals surface area (Å²) in [7, 11) is 0. The fraction of sp³-hybridized carbons (Fsp3) is 0.250. The highest BCUT2D eigenvalue weighted by Crippen LogP contribution is 2.57. The number of benzene rings is 2. The predicted octanol–water partition coefficient (Wildman–Crippen LogP) is 2.79. The third kappa shape index (κ3) is 1.73. The van der Waals surface area contributed by atoms with Crippen LogP contribution in [-0.2, 0) is 14.4 Å². The summed E-state index contributed by atoms with van der Waals surface area (Å²) < 4.78 is 14.2. The Kier molecular flexibility index (Phi) is 2.82. The molecule has 3 aliphatic carbocycles. The first-order valence-corrected chi connectivity index (χ1v) is 8.33. The van der Waals surface area contributed by atoms with Crippen molar-refractivity contribution in [2.75, 3.05) is 4.90 Å². The second-order valence-electron chi connectivity index (χ2n) is 6.90. The fourth-order valence-electron chi connectivity index (χ4n) is 4.83. The van der Waals surface area contributed by atoms with Crippen molar-refractivity contribution >= 4 is 23.3 Å². The third-order valence-corrected chi connectivity index (χ3v) is 5.78. The Morgan fingerprint density at radius 2 is 1.48 bits per heavy atom. The molecule has 1 heterocycles. The SMILES string of the molecule is O=C1C[C@@H]2c3ccccc3[C@@H]1[C@H]1C(=O)N(c3ccccc3F)C(=O)[C@@H]12. The van der Waals surface area contributed by atoms with E-state index in [1.54, 1.807) is 6.07 Å². The first-order chi connectivity index (χ1) is 12.1. The van der Waals surface area contributed by atoms with Crippen LogP contribution in [-0.4, -0.2) is 17.6 Å². The van der Waals surface area contributed by atoms with Crippen LogP contribution in [0.4, 0.5) is 10.1 Å². The molecule has 4 atom stereocenters. The van der Waals surface area contributed by atoms with Crippen LogP contribution in [0.25, 0.3) is 0 Å². The Morgan fingerprint density at radius 1 is 0.840 bits per heavy atom. The molecule has 2 amide bonds. The lowest BCUT2D eigenvalue weighted by molar-refractivity contribution is -0.134. The number of hydrogen-bond donors (Lipinski definition) is 0. The summed E-state index contributed by atoms with van der Waals surface area (Å²) in [6.45, 7) is 0. The van der Waals surface area contributed by atoms with Crippen LogP contribution >= 0.6 is 0 Å². The molecule has 4 aliphatic rings. The maximum atomic E-state index is 14.2. The van der Waals surface area contributed by atoms with Gasteiger partial charge in [-0.25, -0.2) is 9.29 Å². The second-order valence-corrected chi connectivity index (χ2v) is 6.90. The quantitative estimate of drug-likeness (QED) is 0.753. The number of fused-ring (bicyclic) bond motifs is 1. The Balaban J connectivity index is 1.68. The lowest BCUT2D eigenvalue weighted by Crippen LogP contribution is -2.44. The Labute approximate surface area is 143 Å². The fourth-order valence-corrected chi connectivity index (χ4v) is 4.83. The summed E-state index contributed by atoms with van der Waals surface area (Å²) in [5.41, 5.74) is 1.80. The van der Waals surface area contributed by atoms with Crippen LogP contribution in [0, 0.1) is 17.7 Å². The predicted molar refractivity (Wildman–Crippen MR) is 87.4 cm³/mol. The van der Waals surface area contributed by atoms with Crippen molar-refractivity contribution in [3.8, 4) is 0 Å². The molecule has 0 aromatic heterocycles. The van der Waals surface area contributed by atoms with Gasteiger partial charge in [-0.2, -0.15) is 0 Å². The van der Waals surface area contributed by atoms with Gasteiger partial charge in [0.1, 0.15) is 11.6 Å². The number of amides is 2. The zero-order valence-electron chi connectivity index (χ0n) is 13.2. The Morgan fingerprint density at radius 3 is 2.24 bits per heavy atom. The first-order valence-electron chi connectivity index (χ1n) is 8.33. The normalized spacial score (nSPS) is 29.8. The van der Waals surface area contributed by atoms with E-state index in [0.717, 1.165) is 16.0 Å². The van der Waals surface area contributed by atoms with Gasteiger partial charge in [-0.1, -0.05) is 36.4 Å². The Hall–Kier alpha value is -2.82. The van der Waals surface area contributed by atoms with Gasteiger partial charge in [0.05, 0.1) is 23.4 Å². The third-order valence-electron chi connectivity index (χ3n) is 5.78. The number of hydrogen-bond acceptors (Lipinski definition) is 3. The zero-order valence-corrected chi connectivity index (χ0v) is 13.2. The van der Waals surface area contributed by atoms with Crippen molar-refractivity contribution in [1.29, 1.82) is 0 Å². The molecule has 1 saturated heterocycles. The van der Waals surface area contributed by atoms with E-state index in [1.807, 2.05) is 24.3 Å². The summed E-state index contributed by atoms with van der Waals surface area (Å²) in [6.07, 6.45) is 0.271. The first kappa shape index (κ1) is 14.5. The van der Waals surface area contributed by atoms with Crippen molar-refractivity contribution in [2.45, 2.75) is 18.3 Å². The van der Waals surface area contributed by atoms with Crippen LogP contribution in [0.1, 0.15) is 29.4 Å². The number of Topliss-reactive ketones (excluding diaryl/α,β-unsaturated/α-hetero) is 1. The summed E-state index contributed by atoms with van der Waals surface area (Å²) in [6, 6.07) is 13.3. The second kappa shape index (κ2) is 4.85. The number of ketones is 1. The smallest absolute Gasteiger partial charge is 0.238 e. The molecule has 0 radical (unpaired) electrons.